The number of allylic oxidation sites excluding steroid dienone is 1. The molecule has 0 radical (unpaired) electrons. The van der Waals surface area contributed by atoms with E-state index < -0.39 is 0 Å². The fourth-order valence-electron chi connectivity index (χ4n) is 2.33. The lowest BCUT2D eigenvalue weighted by Crippen LogP contribution is -2.01. The van der Waals surface area contributed by atoms with E-state index in [2.05, 4.69) is 36.7 Å². The Balaban J connectivity index is 1.76. The van der Waals surface area contributed by atoms with E-state index >= 15 is 0 Å². The Morgan fingerprint density at radius 2 is 2.23 bits per heavy atom. The largest absolute Gasteiger partial charge is 0.298 e. The third-order valence-electron chi connectivity index (χ3n) is 3.45. The van der Waals surface area contributed by atoms with Gasteiger partial charge in [-0.25, -0.2) is 15.0 Å². The van der Waals surface area contributed by atoms with Gasteiger partial charge in [-0.1, -0.05) is 17.8 Å². The predicted octanol–water partition coefficient (Wildman–Crippen LogP) is 3.80. The van der Waals surface area contributed by atoms with Gasteiger partial charge < -0.3 is 0 Å². The molecule has 0 bridgehead atoms. The standard InChI is InChI=1S/C16H13N7S3/c1-3-7-23-13(10-5-4-6-17-8-10)21-22-15(23)26-14-11-12(18-9-19-14)20-16(24-2)25-11/h3-6,8-9H,1,7H2,2H3. The summed E-state index contributed by atoms with van der Waals surface area (Å²) in [5.74, 6) is 0.750. The van der Waals surface area contributed by atoms with Crippen molar-refractivity contribution in [3.8, 4) is 11.4 Å². The molecule has 0 N–H and O–H groups in total. The monoisotopic (exact) mass is 399 g/mol. The first-order chi connectivity index (χ1) is 12.8. The molecule has 0 saturated heterocycles. The van der Waals surface area contributed by atoms with E-state index in [4.69, 9.17) is 0 Å². The lowest BCUT2D eigenvalue weighted by molar-refractivity contribution is 0.730. The average Bonchev–Trinajstić information content (AvgIpc) is 3.28. The third-order valence-corrected chi connectivity index (χ3v) is 6.60. The Bertz CT molecular complexity index is 1060. The Morgan fingerprint density at radius 1 is 1.31 bits per heavy atom. The molecule has 0 unspecified atom stereocenters. The van der Waals surface area contributed by atoms with Crippen molar-refractivity contribution >= 4 is 45.2 Å². The number of nitrogens with zero attached hydrogens (tertiary/aromatic N) is 7. The van der Waals surface area contributed by atoms with Crippen molar-refractivity contribution in [3.05, 3.63) is 43.5 Å². The molecule has 0 aliphatic carbocycles. The van der Waals surface area contributed by atoms with Gasteiger partial charge in [0.2, 0.25) is 0 Å². The lowest BCUT2D eigenvalue weighted by atomic mass is 10.3. The van der Waals surface area contributed by atoms with Gasteiger partial charge in [0.15, 0.2) is 21.0 Å². The molecular formula is C16H13N7S3. The Kier molecular flexibility index (Phi) is 4.96. The average molecular weight is 400 g/mol. The summed E-state index contributed by atoms with van der Waals surface area (Å²) in [6.45, 7) is 4.44. The van der Waals surface area contributed by atoms with E-state index in [0.717, 1.165) is 30.6 Å². The molecule has 0 fully saturated rings. The molecule has 4 aromatic rings. The van der Waals surface area contributed by atoms with Gasteiger partial charge in [0.25, 0.3) is 0 Å². The molecular weight excluding hydrogens is 386 g/mol. The summed E-state index contributed by atoms with van der Waals surface area (Å²) < 4.78 is 3.92. The Morgan fingerprint density at radius 3 is 3.00 bits per heavy atom. The number of thioether (sulfide) groups is 1. The first-order valence-electron chi connectivity index (χ1n) is 7.58. The summed E-state index contributed by atoms with van der Waals surface area (Å²) in [6.07, 6.45) is 8.86. The van der Waals surface area contributed by atoms with Crippen LogP contribution in [0.25, 0.3) is 21.7 Å². The second-order valence-corrected chi connectivity index (χ2v) is 8.07. The highest BCUT2D eigenvalue weighted by Crippen LogP contribution is 2.36. The zero-order valence-electron chi connectivity index (χ0n) is 13.7. The van der Waals surface area contributed by atoms with Crippen molar-refractivity contribution in [3.63, 3.8) is 0 Å². The summed E-state index contributed by atoms with van der Waals surface area (Å²) in [5, 5.41) is 10.3. The zero-order valence-corrected chi connectivity index (χ0v) is 16.2. The second kappa shape index (κ2) is 7.52. The third kappa shape index (κ3) is 3.22. The van der Waals surface area contributed by atoms with Crippen LogP contribution in [0.2, 0.25) is 0 Å². The normalized spacial score (nSPS) is 11.1. The van der Waals surface area contributed by atoms with Crippen molar-refractivity contribution in [2.75, 3.05) is 6.26 Å². The van der Waals surface area contributed by atoms with Crippen LogP contribution in [0.1, 0.15) is 0 Å². The minimum atomic E-state index is 0.590. The number of fused-ring (bicyclic) bond motifs is 1. The molecule has 0 aliphatic heterocycles. The quantitative estimate of drug-likeness (QED) is 0.275. The summed E-state index contributed by atoms with van der Waals surface area (Å²) in [4.78, 5) is 17.3. The van der Waals surface area contributed by atoms with Gasteiger partial charge in [0.1, 0.15) is 16.1 Å². The van der Waals surface area contributed by atoms with Crippen LogP contribution in [0.3, 0.4) is 0 Å². The van der Waals surface area contributed by atoms with Crippen LogP contribution in [0, 0.1) is 0 Å². The fraction of sp³-hybridized carbons (Fsp3) is 0.125. The topological polar surface area (TPSA) is 82.3 Å². The smallest absolute Gasteiger partial charge is 0.198 e. The minimum absolute atomic E-state index is 0.590. The molecule has 0 saturated carbocycles. The van der Waals surface area contributed by atoms with E-state index in [1.807, 2.05) is 29.0 Å². The Hall–Kier alpha value is -2.30. The predicted molar refractivity (Wildman–Crippen MR) is 105 cm³/mol. The minimum Gasteiger partial charge on any atom is -0.298 e. The molecule has 0 aliphatic rings. The molecule has 0 spiro atoms. The molecule has 4 rings (SSSR count). The van der Waals surface area contributed by atoms with Crippen LogP contribution in [0.5, 0.6) is 0 Å². The number of pyridine rings is 1. The summed E-state index contributed by atoms with van der Waals surface area (Å²) in [6, 6.07) is 3.84. The zero-order chi connectivity index (χ0) is 17.9. The molecule has 0 aromatic carbocycles. The van der Waals surface area contributed by atoms with E-state index in [0.29, 0.717) is 12.2 Å². The molecule has 26 heavy (non-hydrogen) atoms. The van der Waals surface area contributed by atoms with Crippen molar-refractivity contribution < 1.29 is 0 Å². The van der Waals surface area contributed by atoms with Gasteiger partial charge in [-0.2, -0.15) is 0 Å². The fourth-order valence-corrected chi connectivity index (χ4v) is 4.78. The van der Waals surface area contributed by atoms with Crippen LogP contribution in [-0.4, -0.2) is 41.0 Å². The summed E-state index contributed by atoms with van der Waals surface area (Å²) in [5.41, 5.74) is 1.61. The highest BCUT2D eigenvalue weighted by molar-refractivity contribution is 8.00. The highest BCUT2D eigenvalue weighted by Gasteiger charge is 2.18. The van der Waals surface area contributed by atoms with Crippen molar-refractivity contribution in [2.45, 2.75) is 21.1 Å². The number of hydrogen-bond acceptors (Lipinski definition) is 9. The van der Waals surface area contributed by atoms with Crippen molar-refractivity contribution in [1.29, 1.82) is 0 Å². The molecule has 0 atom stereocenters. The van der Waals surface area contributed by atoms with Crippen LogP contribution in [0.4, 0.5) is 0 Å². The molecule has 7 nitrogen and oxygen atoms in total. The van der Waals surface area contributed by atoms with Gasteiger partial charge in [0.05, 0.1) is 0 Å². The molecule has 130 valence electrons. The summed E-state index contributed by atoms with van der Waals surface area (Å²) in [7, 11) is 0. The van der Waals surface area contributed by atoms with Crippen molar-refractivity contribution in [1.82, 2.24) is 34.7 Å². The highest BCUT2D eigenvalue weighted by atomic mass is 32.2. The van der Waals surface area contributed by atoms with Crippen LogP contribution < -0.4 is 0 Å². The van der Waals surface area contributed by atoms with Crippen LogP contribution in [-0.2, 0) is 6.54 Å². The molecule has 0 amide bonds. The molecule has 4 aromatic heterocycles. The second-order valence-electron chi connectivity index (χ2n) is 5.06. The van der Waals surface area contributed by atoms with E-state index in [9.17, 15) is 0 Å². The van der Waals surface area contributed by atoms with Crippen LogP contribution >= 0.6 is 34.9 Å². The van der Waals surface area contributed by atoms with Gasteiger partial charge in [-0.15, -0.1) is 28.1 Å². The SMILES string of the molecule is C=CCn1c(Sc2ncnc3nc(SC)sc23)nnc1-c1cccnc1. The number of hydrogen-bond donors (Lipinski definition) is 0. The molecule has 10 heteroatoms. The van der Waals surface area contributed by atoms with Crippen molar-refractivity contribution in [2.24, 2.45) is 0 Å². The number of aromatic nitrogens is 7. The maximum atomic E-state index is 4.49. The number of rotatable bonds is 6. The van der Waals surface area contributed by atoms with Gasteiger partial charge in [-0.05, 0) is 30.2 Å². The number of thiazole rings is 1. The van der Waals surface area contributed by atoms with Crippen LogP contribution in [0.15, 0.2) is 58.0 Å². The lowest BCUT2D eigenvalue weighted by Gasteiger charge is -2.07. The van der Waals surface area contributed by atoms with E-state index in [1.165, 1.54) is 18.1 Å². The first-order valence-corrected chi connectivity index (χ1v) is 10.4. The maximum Gasteiger partial charge on any atom is 0.198 e. The van der Waals surface area contributed by atoms with E-state index in [1.54, 1.807) is 35.5 Å². The summed E-state index contributed by atoms with van der Waals surface area (Å²) >= 11 is 4.64. The van der Waals surface area contributed by atoms with Gasteiger partial charge in [-0.3, -0.25) is 9.55 Å². The van der Waals surface area contributed by atoms with E-state index in [-0.39, 0.29) is 0 Å². The molecule has 4 heterocycles. The Labute approximate surface area is 162 Å². The maximum absolute atomic E-state index is 4.49. The van der Waals surface area contributed by atoms with Gasteiger partial charge >= 0.3 is 0 Å². The first kappa shape index (κ1) is 17.1. The van der Waals surface area contributed by atoms with Gasteiger partial charge in [0, 0.05) is 24.5 Å².